The number of hydrogen-bond donors (Lipinski definition) is 1. The van der Waals surface area contributed by atoms with Gasteiger partial charge in [0.05, 0.1) is 11.8 Å². The van der Waals surface area contributed by atoms with E-state index in [1.54, 1.807) is 16.9 Å². The molecule has 1 N–H and O–H groups in total. The second kappa shape index (κ2) is 10.6. The van der Waals surface area contributed by atoms with E-state index in [9.17, 15) is 4.79 Å². The van der Waals surface area contributed by atoms with E-state index < -0.39 is 0 Å². The first-order valence-corrected chi connectivity index (χ1v) is 12.2. The lowest BCUT2D eigenvalue weighted by Gasteiger charge is -2.20. The Hall–Kier alpha value is -3.87. The Balaban J connectivity index is 1.52. The molecule has 1 unspecified atom stereocenters. The van der Waals surface area contributed by atoms with E-state index in [2.05, 4.69) is 53.3 Å². The van der Waals surface area contributed by atoms with Gasteiger partial charge in [-0.25, -0.2) is 0 Å². The lowest BCUT2D eigenvalue weighted by atomic mass is 10.1. The smallest absolute Gasteiger partial charge is 0.255 e. The topological polar surface area (TPSA) is 72.3 Å². The van der Waals surface area contributed by atoms with Crippen molar-refractivity contribution in [3.63, 3.8) is 0 Å². The summed E-state index contributed by atoms with van der Waals surface area (Å²) >= 11 is 0. The summed E-state index contributed by atoms with van der Waals surface area (Å²) < 4.78 is 5.80. The van der Waals surface area contributed by atoms with Gasteiger partial charge < -0.3 is 15.0 Å². The Labute approximate surface area is 206 Å². The molecule has 0 fully saturated rings. The van der Waals surface area contributed by atoms with Gasteiger partial charge in [0.25, 0.3) is 5.91 Å². The van der Waals surface area contributed by atoms with Gasteiger partial charge in [-0.1, -0.05) is 6.92 Å². The Bertz CT molecular complexity index is 1290. The van der Waals surface area contributed by atoms with Crippen LogP contribution in [0.25, 0.3) is 16.7 Å². The lowest BCUT2D eigenvalue weighted by molar-refractivity contribution is 0.102. The zero-order valence-electron chi connectivity index (χ0n) is 21.1. The Morgan fingerprint density at radius 2 is 1.60 bits per heavy atom. The predicted octanol–water partition coefficient (Wildman–Crippen LogP) is 6.00. The van der Waals surface area contributed by atoms with Gasteiger partial charge in [0.1, 0.15) is 16.8 Å². The minimum atomic E-state index is -0.179. The van der Waals surface area contributed by atoms with Crippen molar-refractivity contribution in [1.29, 1.82) is 0 Å². The number of rotatable bonds is 9. The molecule has 0 bridgehead atoms. The highest BCUT2D eigenvalue weighted by Crippen LogP contribution is 2.24. The quantitative estimate of drug-likeness (QED) is 0.324. The summed E-state index contributed by atoms with van der Waals surface area (Å²) in [7, 11) is 0. The number of benzene rings is 3. The zero-order chi connectivity index (χ0) is 24.9. The minimum Gasteiger partial charge on any atom is -0.491 e. The summed E-state index contributed by atoms with van der Waals surface area (Å²) in [5.41, 5.74) is 5.77. The molecule has 1 heterocycles. The third kappa shape index (κ3) is 5.45. The molecular weight excluding hydrogens is 438 g/mol. The van der Waals surface area contributed by atoms with Crippen molar-refractivity contribution in [2.75, 3.05) is 23.3 Å². The summed E-state index contributed by atoms with van der Waals surface area (Å²) in [5, 5.41) is 12.3. The maximum atomic E-state index is 12.9. The van der Waals surface area contributed by atoms with Crippen LogP contribution in [0, 0.1) is 6.92 Å². The monoisotopic (exact) mass is 471 g/mol. The number of carbonyl (C=O) groups is 1. The Kier molecular flexibility index (Phi) is 7.34. The van der Waals surface area contributed by atoms with Crippen LogP contribution in [0.4, 0.5) is 11.4 Å². The number of aryl methyl sites for hydroxylation is 1. The van der Waals surface area contributed by atoms with Crippen LogP contribution in [0.3, 0.4) is 0 Å². The van der Waals surface area contributed by atoms with Gasteiger partial charge in [-0.2, -0.15) is 4.80 Å². The van der Waals surface area contributed by atoms with E-state index in [0.29, 0.717) is 11.3 Å². The molecule has 3 aromatic carbocycles. The molecular formula is C28H33N5O2. The lowest BCUT2D eigenvalue weighted by Crippen LogP contribution is -2.21. The molecule has 0 spiro atoms. The summed E-state index contributed by atoms with van der Waals surface area (Å²) in [6.45, 7) is 12.3. The third-order valence-electron chi connectivity index (χ3n) is 6.21. The van der Waals surface area contributed by atoms with Crippen molar-refractivity contribution in [3.8, 4) is 11.4 Å². The first kappa shape index (κ1) is 24.3. The number of anilines is 2. The highest BCUT2D eigenvalue weighted by molar-refractivity contribution is 6.05. The number of aromatic nitrogens is 3. The van der Waals surface area contributed by atoms with Gasteiger partial charge in [0.2, 0.25) is 0 Å². The summed E-state index contributed by atoms with van der Waals surface area (Å²) in [5.74, 6) is 0.581. The van der Waals surface area contributed by atoms with Gasteiger partial charge >= 0.3 is 0 Å². The van der Waals surface area contributed by atoms with Crippen LogP contribution in [0.15, 0.2) is 60.7 Å². The Morgan fingerprint density at radius 1 is 0.971 bits per heavy atom. The third-order valence-corrected chi connectivity index (χ3v) is 6.21. The van der Waals surface area contributed by atoms with Crippen molar-refractivity contribution < 1.29 is 9.53 Å². The molecule has 0 aliphatic heterocycles. The van der Waals surface area contributed by atoms with E-state index in [1.807, 2.05) is 50.2 Å². The molecule has 7 heteroatoms. The molecule has 0 saturated heterocycles. The molecule has 1 aromatic heterocycles. The van der Waals surface area contributed by atoms with Crippen molar-refractivity contribution in [2.45, 2.75) is 47.1 Å². The minimum absolute atomic E-state index is 0.137. The fourth-order valence-electron chi connectivity index (χ4n) is 3.90. The predicted molar refractivity (Wildman–Crippen MR) is 142 cm³/mol. The maximum absolute atomic E-state index is 12.9. The van der Waals surface area contributed by atoms with E-state index >= 15 is 0 Å². The second-order valence-corrected chi connectivity index (χ2v) is 8.65. The van der Waals surface area contributed by atoms with Gasteiger partial charge in [-0.15, -0.1) is 10.2 Å². The molecule has 1 atom stereocenters. The normalized spacial score (nSPS) is 11.9. The standard InChI is InChI=1S/C28H33N5O2/c1-6-20(5)35-24-15-9-21(10-16-24)28(34)29-25-18-27-26(17-19(25)4)30-33(31-27)23-13-11-22(12-14-23)32(7-2)8-3/h9-18,20H,6-8H2,1-5H3,(H,29,34). The van der Waals surface area contributed by atoms with Crippen LogP contribution in [0.5, 0.6) is 5.75 Å². The fraction of sp³-hybridized carbons (Fsp3) is 0.321. The highest BCUT2D eigenvalue weighted by Gasteiger charge is 2.13. The number of amides is 1. The number of nitrogens with one attached hydrogen (secondary N) is 1. The molecule has 1 amide bonds. The van der Waals surface area contributed by atoms with Crippen LogP contribution >= 0.6 is 0 Å². The fourth-order valence-corrected chi connectivity index (χ4v) is 3.90. The molecule has 35 heavy (non-hydrogen) atoms. The van der Waals surface area contributed by atoms with Crippen LogP contribution < -0.4 is 15.0 Å². The van der Waals surface area contributed by atoms with Gasteiger partial charge in [-0.3, -0.25) is 4.79 Å². The van der Waals surface area contributed by atoms with Crippen LogP contribution in [0.2, 0.25) is 0 Å². The maximum Gasteiger partial charge on any atom is 0.255 e. The molecule has 182 valence electrons. The van der Waals surface area contributed by atoms with Crippen LogP contribution in [-0.2, 0) is 0 Å². The number of nitrogens with zero attached hydrogens (tertiary/aromatic N) is 4. The van der Waals surface area contributed by atoms with Crippen LogP contribution in [-0.4, -0.2) is 40.1 Å². The molecule has 0 aliphatic rings. The van der Waals surface area contributed by atoms with Gasteiger partial charge in [0.15, 0.2) is 0 Å². The van der Waals surface area contributed by atoms with Crippen molar-refractivity contribution in [1.82, 2.24) is 15.0 Å². The molecule has 0 aliphatic carbocycles. The van der Waals surface area contributed by atoms with Crippen molar-refractivity contribution in [2.24, 2.45) is 0 Å². The molecule has 7 nitrogen and oxygen atoms in total. The summed E-state index contributed by atoms with van der Waals surface area (Å²) in [4.78, 5) is 16.8. The van der Waals surface area contributed by atoms with Gasteiger partial charge in [-0.05, 0) is 100 Å². The first-order valence-electron chi connectivity index (χ1n) is 12.2. The van der Waals surface area contributed by atoms with Crippen molar-refractivity contribution >= 4 is 28.3 Å². The largest absolute Gasteiger partial charge is 0.491 e. The average Bonchev–Trinajstić information content (AvgIpc) is 3.28. The first-order chi connectivity index (χ1) is 16.9. The average molecular weight is 472 g/mol. The number of hydrogen-bond acceptors (Lipinski definition) is 5. The number of ether oxygens (including phenoxy) is 1. The molecule has 0 saturated carbocycles. The molecule has 4 aromatic rings. The van der Waals surface area contributed by atoms with Crippen LogP contribution in [0.1, 0.15) is 50.0 Å². The van der Waals surface area contributed by atoms with E-state index in [1.165, 1.54) is 5.69 Å². The zero-order valence-corrected chi connectivity index (χ0v) is 21.1. The highest BCUT2D eigenvalue weighted by atomic mass is 16.5. The Morgan fingerprint density at radius 3 is 2.20 bits per heavy atom. The molecule has 4 rings (SSSR count). The second-order valence-electron chi connectivity index (χ2n) is 8.65. The van der Waals surface area contributed by atoms with Gasteiger partial charge in [0, 0.05) is 30.0 Å². The van der Waals surface area contributed by atoms with Crippen molar-refractivity contribution in [3.05, 3.63) is 71.8 Å². The molecule has 0 radical (unpaired) electrons. The SMILES string of the molecule is CCC(C)Oc1ccc(C(=O)Nc2cc3nn(-c4ccc(N(CC)CC)cc4)nc3cc2C)cc1. The van der Waals surface area contributed by atoms with E-state index in [-0.39, 0.29) is 12.0 Å². The van der Waals surface area contributed by atoms with E-state index in [4.69, 9.17) is 4.74 Å². The number of carbonyl (C=O) groups excluding carboxylic acids is 1. The summed E-state index contributed by atoms with van der Waals surface area (Å²) in [6, 6.07) is 19.3. The van der Waals surface area contributed by atoms with E-state index in [0.717, 1.165) is 47.5 Å². The summed E-state index contributed by atoms with van der Waals surface area (Å²) in [6.07, 6.45) is 1.06. The number of fused-ring (bicyclic) bond motifs is 1.